The van der Waals surface area contributed by atoms with E-state index in [1.807, 2.05) is 72.1 Å². The number of carbonyl (C=O) groups excluding carboxylic acids is 1. The van der Waals surface area contributed by atoms with Crippen LogP contribution in [0.1, 0.15) is 21.6 Å². The number of hydrogen-bond acceptors (Lipinski definition) is 4. The minimum atomic E-state index is -0.0952. The Morgan fingerprint density at radius 3 is 2.64 bits per heavy atom. The van der Waals surface area contributed by atoms with Crippen molar-refractivity contribution in [3.8, 4) is 11.3 Å². The summed E-state index contributed by atoms with van der Waals surface area (Å²) in [5.74, 6) is 0.754. The quantitative estimate of drug-likeness (QED) is 0.561. The topological polar surface area (TPSA) is 71.3 Å². The monoisotopic (exact) mass is 371 g/mol. The third-order valence-electron chi connectivity index (χ3n) is 4.51. The minimum Gasteiger partial charge on any atom is -0.366 e. The average molecular weight is 371 g/mol. The number of hydrogen-bond donors (Lipinski definition) is 2. The SMILES string of the molecule is CNC(=O)c1cccc(CNc2cc(-c3ccccc3)nc3cc(C)nn23)c1. The van der Waals surface area contributed by atoms with Crippen LogP contribution in [0, 0.1) is 6.92 Å². The smallest absolute Gasteiger partial charge is 0.251 e. The molecule has 0 unspecified atom stereocenters. The predicted molar refractivity (Wildman–Crippen MR) is 110 cm³/mol. The van der Waals surface area contributed by atoms with Crippen molar-refractivity contribution >= 4 is 17.4 Å². The van der Waals surface area contributed by atoms with Crippen LogP contribution >= 0.6 is 0 Å². The largest absolute Gasteiger partial charge is 0.366 e. The zero-order valence-corrected chi connectivity index (χ0v) is 15.8. The molecular formula is C22H21N5O. The van der Waals surface area contributed by atoms with Crippen molar-refractivity contribution in [1.82, 2.24) is 19.9 Å². The Bertz CT molecular complexity index is 1130. The zero-order valence-electron chi connectivity index (χ0n) is 15.8. The van der Waals surface area contributed by atoms with Gasteiger partial charge < -0.3 is 10.6 Å². The number of anilines is 1. The molecule has 2 aromatic heterocycles. The lowest BCUT2D eigenvalue weighted by atomic mass is 10.1. The molecule has 2 N–H and O–H groups in total. The van der Waals surface area contributed by atoms with Gasteiger partial charge in [-0.05, 0) is 24.6 Å². The van der Waals surface area contributed by atoms with Gasteiger partial charge in [-0.2, -0.15) is 9.61 Å². The van der Waals surface area contributed by atoms with E-state index in [0.717, 1.165) is 34.0 Å². The number of nitrogens with one attached hydrogen (secondary N) is 2. The molecule has 0 aliphatic carbocycles. The van der Waals surface area contributed by atoms with Crippen LogP contribution < -0.4 is 10.6 Å². The molecule has 0 saturated heterocycles. The molecule has 0 aliphatic heterocycles. The summed E-state index contributed by atoms with van der Waals surface area (Å²) in [5, 5.41) is 10.6. The first kappa shape index (κ1) is 17.7. The molecule has 0 fully saturated rings. The Kier molecular flexibility index (Phi) is 4.76. The first-order valence-corrected chi connectivity index (χ1v) is 9.12. The van der Waals surface area contributed by atoms with Crippen LogP contribution in [-0.2, 0) is 6.54 Å². The van der Waals surface area contributed by atoms with Crippen LogP contribution in [0.25, 0.3) is 16.9 Å². The lowest BCUT2D eigenvalue weighted by Crippen LogP contribution is -2.18. The molecule has 6 nitrogen and oxygen atoms in total. The second-order valence-corrected chi connectivity index (χ2v) is 6.58. The molecule has 0 spiro atoms. The van der Waals surface area contributed by atoms with Gasteiger partial charge in [0.05, 0.1) is 11.4 Å². The summed E-state index contributed by atoms with van der Waals surface area (Å²) in [5.41, 5.74) is 5.28. The van der Waals surface area contributed by atoms with E-state index < -0.39 is 0 Å². The summed E-state index contributed by atoms with van der Waals surface area (Å²) >= 11 is 0. The van der Waals surface area contributed by atoms with Crippen LogP contribution in [0.15, 0.2) is 66.7 Å². The Hall–Kier alpha value is -3.67. The lowest BCUT2D eigenvalue weighted by Gasteiger charge is -2.11. The van der Waals surface area contributed by atoms with Gasteiger partial charge in [-0.3, -0.25) is 4.79 Å². The normalized spacial score (nSPS) is 10.8. The van der Waals surface area contributed by atoms with Crippen molar-refractivity contribution in [2.75, 3.05) is 12.4 Å². The van der Waals surface area contributed by atoms with E-state index >= 15 is 0 Å². The van der Waals surface area contributed by atoms with Crippen LogP contribution in [0.4, 0.5) is 5.82 Å². The fourth-order valence-electron chi connectivity index (χ4n) is 3.13. The highest BCUT2D eigenvalue weighted by atomic mass is 16.1. The number of amides is 1. The van der Waals surface area contributed by atoms with Gasteiger partial charge >= 0.3 is 0 Å². The van der Waals surface area contributed by atoms with Gasteiger partial charge in [0.15, 0.2) is 5.65 Å². The average Bonchev–Trinajstić information content (AvgIpc) is 3.12. The van der Waals surface area contributed by atoms with Gasteiger partial charge in [0.2, 0.25) is 0 Å². The van der Waals surface area contributed by atoms with Gasteiger partial charge in [-0.15, -0.1) is 0 Å². The Morgan fingerprint density at radius 2 is 1.86 bits per heavy atom. The molecule has 0 radical (unpaired) electrons. The number of carbonyl (C=O) groups is 1. The number of rotatable bonds is 5. The molecule has 4 aromatic rings. The maximum atomic E-state index is 11.9. The van der Waals surface area contributed by atoms with Crippen molar-refractivity contribution in [3.05, 3.63) is 83.6 Å². The van der Waals surface area contributed by atoms with E-state index in [-0.39, 0.29) is 5.91 Å². The molecule has 0 saturated carbocycles. The summed E-state index contributed by atoms with van der Waals surface area (Å²) in [4.78, 5) is 16.6. The van der Waals surface area contributed by atoms with E-state index in [1.165, 1.54) is 0 Å². The van der Waals surface area contributed by atoms with Crippen molar-refractivity contribution in [2.45, 2.75) is 13.5 Å². The molecule has 140 valence electrons. The van der Waals surface area contributed by atoms with Crippen molar-refractivity contribution in [3.63, 3.8) is 0 Å². The number of benzene rings is 2. The number of aromatic nitrogens is 3. The van der Waals surface area contributed by atoms with Crippen molar-refractivity contribution in [1.29, 1.82) is 0 Å². The van der Waals surface area contributed by atoms with Crippen LogP contribution in [0.5, 0.6) is 0 Å². The summed E-state index contributed by atoms with van der Waals surface area (Å²) in [6.45, 7) is 2.52. The molecule has 4 rings (SSSR count). The molecule has 6 heteroatoms. The zero-order chi connectivity index (χ0) is 19.5. The molecule has 28 heavy (non-hydrogen) atoms. The van der Waals surface area contributed by atoms with Gasteiger partial charge in [0.25, 0.3) is 5.91 Å². The standard InChI is InChI=1S/C22H21N5O/c1-15-11-21-25-19(17-8-4-3-5-9-17)13-20(27(21)26-15)24-14-16-7-6-10-18(12-16)22(28)23-2/h3-13,24H,14H2,1-2H3,(H,23,28). The number of nitrogens with zero attached hydrogens (tertiary/aromatic N) is 3. The Morgan fingerprint density at radius 1 is 1.04 bits per heavy atom. The molecule has 1 amide bonds. The van der Waals surface area contributed by atoms with Gasteiger partial charge in [0, 0.05) is 36.9 Å². The molecule has 0 bridgehead atoms. The molecule has 2 heterocycles. The summed E-state index contributed by atoms with van der Waals surface area (Å²) in [7, 11) is 1.63. The van der Waals surface area contributed by atoms with E-state index in [2.05, 4.69) is 15.7 Å². The number of aryl methyl sites for hydroxylation is 1. The van der Waals surface area contributed by atoms with Crippen LogP contribution in [-0.4, -0.2) is 27.6 Å². The van der Waals surface area contributed by atoms with Crippen molar-refractivity contribution in [2.24, 2.45) is 0 Å². The summed E-state index contributed by atoms with van der Waals surface area (Å²) in [6, 6.07) is 21.6. The van der Waals surface area contributed by atoms with Gasteiger partial charge in [-0.1, -0.05) is 42.5 Å². The minimum absolute atomic E-state index is 0.0952. The van der Waals surface area contributed by atoms with E-state index in [0.29, 0.717) is 12.1 Å². The van der Waals surface area contributed by atoms with Crippen molar-refractivity contribution < 1.29 is 4.79 Å². The van der Waals surface area contributed by atoms with Gasteiger partial charge in [-0.25, -0.2) is 4.98 Å². The highest BCUT2D eigenvalue weighted by Gasteiger charge is 2.10. The second-order valence-electron chi connectivity index (χ2n) is 6.58. The summed E-state index contributed by atoms with van der Waals surface area (Å²) in [6.07, 6.45) is 0. The molecule has 0 atom stereocenters. The highest BCUT2D eigenvalue weighted by molar-refractivity contribution is 5.94. The highest BCUT2D eigenvalue weighted by Crippen LogP contribution is 2.23. The fraction of sp³-hybridized carbons (Fsp3) is 0.136. The maximum Gasteiger partial charge on any atom is 0.251 e. The second kappa shape index (κ2) is 7.52. The fourth-order valence-corrected chi connectivity index (χ4v) is 3.13. The van der Waals surface area contributed by atoms with E-state index in [1.54, 1.807) is 13.1 Å². The van der Waals surface area contributed by atoms with Gasteiger partial charge in [0.1, 0.15) is 5.82 Å². The van der Waals surface area contributed by atoms with Crippen LogP contribution in [0.2, 0.25) is 0 Å². The first-order valence-electron chi connectivity index (χ1n) is 9.12. The predicted octanol–water partition coefficient (Wildman–Crippen LogP) is 3.68. The molecular weight excluding hydrogens is 350 g/mol. The Balaban J connectivity index is 1.67. The van der Waals surface area contributed by atoms with E-state index in [9.17, 15) is 4.79 Å². The summed E-state index contributed by atoms with van der Waals surface area (Å²) < 4.78 is 1.81. The lowest BCUT2D eigenvalue weighted by molar-refractivity contribution is 0.0963. The molecule has 0 aliphatic rings. The van der Waals surface area contributed by atoms with Crippen LogP contribution in [0.3, 0.4) is 0 Å². The Labute approximate surface area is 163 Å². The maximum absolute atomic E-state index is 11.9. The molecule has 2 aromatic carbocycles. The van der Waals surface area contributed by atoms with E-state index in [4.69, 9.17) is 4.98 Å². The third kappa shape index (κ3) is 3.57. The first-order chi connectivity index (χ1) is 13.6. The number of fused-ring (bicyclic) bond motifs is 1. The third-order valence-corrected chi connectivity index (χ3v) is 4.51.